The summed E-state index contributed by atoms with van der Waals surface area (Å²) < 4.78 is 0. The van der Waals surface area contributed by atoms with Crippen molar-refractivity contribution in [3.8, 4) is 0 Å². The first-order valence-electron chi connectivity index (χ1n) is 6.53. The molecule has 1 aliphatic rings. The molecule has 0 saturated heterocycles. The predicted octanol–water partition coefficient (Wildman–Crippen LogP) is -0.178. The van der Waals surface area contributed by atoms with Gasteiger partial charge in [0.1, 0.15) is 11.8 Å². The van der Waals surface area contributed by atoms with Crippen LogP contribution in [0.15, 0.2) is 23.8 Å². The van der Waals surface area contributed by atoms with Crippen molar-refractivity contribution in [3.05, 3.63) is 23.8 Å². The van der Waals surface area contributed by atoms with Crippen LogP contribution in [-0.2, 0) is 4.79 Å². The molecule has 3 heterocycles. The number of nitrogens with zero attached hydrogens (tertiary/aromatic N) is 4. The summed E-state index contributed by atoms with van der Waals surface area (Å²) in [7, 11) is 0. The van der Waals surface area contributed by atoms with Gasteiger partial charge in [-0.15, -0.1) is 11.8 Å². The van der Waals surface area contributed by atoms with Crippen molar-refractivity contribution in [2.75, 3.05) is 30.3 Å². The van der Waals surface area contributed by atoms with Crippen molar-refractivity contribution >= 4 is 34.7 Å². The maximum Gasteiger partial charge on any atom is 0.259 e. The molecule has 0 atom stereocenters. The zero-order chi connectivity index (χ0) is 14.7. The number of hydrogen-bond acceptors (Lipinski definition) is 7. The van der Waals surface area contributed by atoms with Crippen molar-refractivity contribution < 1.29 is 4.79 Å². The van der Waals surface area contributed by atoms with Gasteiger partial charge in [0.25, 0.3) is 5.91 Å². The molecule has 0 bridgehead atoms. The normalized spacial score (nSPS) is 15.1. The molecule has 0 unspecified atom stereocenters. The number of nitrogens with two attached hydrogens (primary N) is 1. The van der Waals surface area contributed by atoms with Crippen molar-refractivity contribution in [2.45, 2.75) is 0 Å². The second kappa shape index (κ2) is 6.10. The summed E-state index contributed by atoms with van der Waals surface area (Å²) in [5, 5.41) is 2.77. The van der Waals surface area contributed by atoms with Gasteiger partial charge < -0.3 is 20.9 Å². The first-order valence-corrected chi connectivity index (χ1v) is 7.52. The highest BCUT2D eigenvalue weighted by molar-refractivity contribution is 8.04. The molecule has 0 fully saturated rings. The molecule has 0 saturated carbocycles. The molecule has 0 spiro atoms. The summed E-state index contributed by atoms with van der Waals surface area (Å²) in [5.74, 6) is 1.42. The molecule has 4 N–H and O–H groups in total. The first kappa shape index (κ1) is 13.8. The van der Waals surface area contributed by atoms with Crippen LogP contribution in [0.4, 0.5) is 5.82 Å². The highest BCUT2D eigenvalue weighted by Gasteiger charge is 2.20. The number of carbonyl (C=O) groups excluding carboxylic acids is 1. The zero-order valence-electron chi connectivity index (χ0n) is 11.2. The van der Waals surface area contributed by atoms with Crippen LogP contribution in [0.2, 0.25) is 0 Å². The second-order valence-corrected chi connectivity index (χ2v) is 5.51. The van der Waals surface area contributed by atoms with Gasteiger partial charge in [-0.1, -0.05) is 0 Å². The van der Waals surface area contributed by atoms with E-state index in [4.69, 9.17) is 5.73 Å². The van der Waals surface area contributed by atoms with E-state index in [0.29, 0.717) is 23.6 Å². The van der Waals surface area contributed by atoms with E-state index < -0.39 is 0 Å². The van der Waals surface area contributed by atoms with Crippen LogP contribution >= 0.6 is 11.8 Å². The Morgan fingerprint density at radius 3 is 3.24 bits per heavy atom. The molecule has 3 rings (SSSR count). The highest BCUT2D eigenvalue weighted by atomic mass is 32.2. The summed E-state index contributed by atoms with van der Waals surface area (Å²) >= 11 is 1.52. The zero-order valence-corrected chi connectivity index (χ0v) is 12.1. The number of hydrogen-bond donors (Lipinski definition) is 3. The molecule has 1 amide bonds. The number of rotatable bonds is 4. The molecule has 110 valence electrons. The van der Waals surface area contributed by atoms with Crippen LogP contribution in [0.1, 0.15) is 0 Å². The fourth-order valence-electron chi connectivity index (χ4n) is 2.03. The number of imidazole rings is 1. The molecule has 21 heavy (non-hydrogen) atoms. The highest BCUT2D eigenvalue weighted by Crippen LogP contribution is 2.27. The lowest BCUT2D eigenvalue weighted by Crippen LogP contribution is -2.33. The van der Waals surface area contributed by atoms with Gasteiger partial charge in [-0.05, 0) is 0 Å². The third-order valence-electron chi connectivity index (χ3n) is 2.99. The van der Waals surface area contributed by atoms with Crippen LogP contribution in [0.25, 0.3) is 11.2 Å². The Morgan fingerprint density at radius 1 is 1.48 bits per heavy atom. The van der Waals surface area contributed by atoms with E-state index in [1.807, 2.05) is 11.1 Å². The van der Waals surface area contributed by atoms with Crippen molar-refractivity contribution in [3.63, 3.8) is 0 Å². The van der Waals surface area contributed by atoms with Crippen LogP contribution in [0.5, 0.6) is 0 Å². The average Bonchev–Trinajstić information content (AvgIpc) is 3.01. The molecule has 1 aliphatic heterocycles. The van der Waals surface area contributed by atoms with E-state index >= 15 is 0 Å². The topological polar surface area (TPSA) is 113 Å². The quantitative estimate of drug-likeness (QED) is 0.718. The minimum atomic E-state index is -0.106. The number of nitrogens with one attached hydrogen (secondary N) is 2. The lowest BCUT2D eigenvalue weighted by atomic mass is 10.4. The van der Waals surface area contributed by atoms with Crippen LogP contribution in [-0.4, -0.2) is 51.2 Å². The number of aromatic nitrogens is 4. The van der Waals surface area contributed by atoms with Crippen molar-refractivity contribution in [1.29, 1.82) is 0 Å². The van der Waals surface area contributed by atoms with E-state index in [2.05, 4.69) is 25.3 Å². The Morgan fingerprint density at radius 2 is 2.38 bits per heavy atom. The van der Waals surface area contributed by atoms with Crippen LogP contribution in [0.3, 0.4) is 0 Å². The molecule has 2 aromatic rings. The number of H-pyrrole nitrogens is 1. The summed E-state index contributed by atoms with van der Waals surface area (Å²) in [6.07, 6.45) is 4.87. The molecule has 0 radical (unpaired) electrons. The number of thioether (sulfide) groups is 1. The Balaban J connectivity index is 1.88. The van der Waals surface area contributed by atoms with E-state index in [1.54, 1.807) is 6.33 Å². The van der Waals surface area contributed by atoms with Gasteiger partial charge in [0.05, 0.1) is 11.2 Å². The average molecular weight is 305 g/mol. The summed E-state index contributed by atoms with van der Waals surface area (Å²) in [6.45, 7) is 1.66. The van der Waals surface area contributed by atoms with Gasteiger partial charge in [-0.3, -0.25) is 4.79 Å². The standard InChI is InChI=1S/C12H15N7OS/c13-1-2-14-12(20)8-5-19(3-4-21-8)11-9-10(16-6-15-9)17-7-18-11/h5-7H,1-4,13H2,(H,14,20)(H,15,16,17,18). The number of fused-ring (bicyclic) bond motifs is 1. The second-order valence-electron chi connectivity index (χ2n) is 4.38. The molecule has 8 nitrogen and oxygen atoms in total. The van der Waals surface area contributed by atoms with Gasteiger partial charge in [0, 0.05) is 31.6 Å². The van der Waals surface area contributed by atoms with E-state index in [0.717, 1.165) is 23.6 Å². The van der Waals surface area contributed by atoms with E-state index in [1.165, 1.54) is 18.1 Å². The molecular formula is C12H15N7OS. The maximum absolute atomic E-state index is 12.0. The van der Waals surface area contributed by atoms with Gasteiger partial charge >= 0.3 is 0 Å². The van der Waals surface area contributed by atoms with Crippen molar-refractivity contribution in [1.82, 2.24) is 25.3 Å². The largest absolute Gasteiger partial charge is 0.350 e. The maximum atomic E-state index is 12.0. The monoisotopic (exact) mass is 305 g/mol. The van der Waals surface area contributed by atoms with Crippen LogP contribution in [0, 0.1) is 0 Å². The SMILES string of the molecule is NCCNC(=O)C1=CN(c2ncnc3nc[nH]c23)CCS1. The first-order chi connectivity index (χ1) is 10.3. The van der Waals surface area contributed by atoms with Gasteiger partial charge in [-0.25, -0.2) is 15.0 Å². The lowest BCUT2D eigenvalue weighted by Gasteiger charge is -2.25. The Kier molecular flexibility index (Phi) is 4.02. The van der Waals surface area contributed by atoms with Crippen molar-refractivity contribution in [2.24, 2.45) is 5.73 Å². The molecule has 0 aliphatic carbocycles. The Hall–Kier alpha value is -2.13. The fraction of sp³-hybridized carbons (Fsp3) is 0.333. The molecular weight excluding hydrogens is 290 g/mol. The predicted molar refractivity (Wildman–Crippen MR) is 81.6 cm³/mol. The van der Waals surface area contributed by atoms with Gasteiger partial charge in [-0.2, -0.15) is 0 Å². The molecule has 0 aromatic carbocycles. The third-order valence-corrected chi connectivity index (χ3v) is 3.98. The minimum absolute atomic E-state index is 0.106. The molecule has 2 aromatic heterocycles. The van der Waals surface area contributed by atoms with Gasteiger partial charge in [0.2, 0.25) is 0 Å². The smallest absolute Gasteiger partial charge is 0.259 e. The lowest BCUT2D eigenvalue weighted by molar-refractivity contribution is -0.116. The Bertz CT molecular complexity index is 683. The minimum Gasteiger partial charge on any atom is -0.350 e. The van der Waals surface area contributed by atoms with Crippen LogP contribution < -0.4 is 16.0 Å². The fourth-order valence-corrected chi connectivity index (χ4v) is 2.94. The van der Waals surface area contributed by atoms with E-state index in [-0.39, 0.29) is 5.91 Å². The number of anilines is 1. The summed E-state index contributed by atoms with van der Waals surface area (Å²) in [6, 6.07) is 0. The number of aromatic amines is 1. The Labute approximate surface area is 125 Å². The summed E-state index contributed by atoms with van der Waals surface area (Å²) in [4.78, 5) is 30.1. The number of carbonyl (C=O) groups is 1. The number of amides is 1. The van der Waals surface area contributed by atoms with E-state index in [9.17, 15) is 4.79 Å². The van der Waals surface area contributed by atoms with Gasteiger partial charge in [0.15, 0.2) is 11.5 Å². The molecule has 9 heteroatoms. The third kappa shape index (κ3) is 2.83. The summed E-state index contributed by atoms with van der Waals surface area (Å²) in [5.41, 5.74) is 6.77.